The number of rotatable bonds is 7. The maximum Gasteiger partial charge on any atom is 0.312 e. The van der Waals surface area contributed by atoms with E-state index in [1.54, 1.807) is 0 Å². The Bertz CT molecular complexity index is 247. The summed E-state index contributed by atoms with van der Waals surface area (Å²) in [6.45, 7) is 10.6. The first kappa shape index (κ1) is 16.4. The number of carbonyl (C=O) groups excluding carboxylic acids is 1. The molecule has 0 aromatic carbocycles. The minimum Gasteiger partial charge on any atom is -0.469 e. The van der Waals surface area contributed by atoms with Gasteiger partial charge in [0.1, 0.15) is 0 Å². The van der Waals surface area contributed by atoms with Crippen LogP contribution in [-0.2, 0) is 9.53 Å². The van der Waals surface area contributed by atoms with E-state index >= 15 is 0 Å². The number of carbonyl (C=O) groups is 1. The molecule has 1 unspecified atom stereocenters. The average molecular weight is 245 g/mol. The summed E-state index contributed by atoms with van der Waals surface area (Å²) in [5, 5.41) is 13.2. The number of hydrogen-bond acceptors (Lipinski definition) is 4. The van der Waals surface area contributed by atoms with Crippen LogP contribution in [0, 0.1) is 11.3 Å². The van der Waals surface area contributed by atoms with Crippen LogP contribution in [0.4, 0.5) is 0 Å². The Morgan fingerprint density at radius 3 is 2.24 bits per heavy atom. The molecule has 0 aromatic rings. The van der Waals surface area contributed by atoms with E-state index < -0.39 is 11.0 Å². The Labute approximate surface area is 105 Å². The van der Waals surface area contributed by atoms with Crippen LogP contribution < -0.4 is 5.32 Å². The first-order chi connectivity index (χ1) is 7.60. The highest BCUT2D eigenvalue weighted by Crippen LogP contribution is 2.18. The van der Waals surface area contributed by atoms with Crippen LogP contribution in [0.3, 0.4) is 0 Å². The topological polar surface area (TPSA) is 58.6 Å². The molecule has 102 valence electrons. The number of esters is 1. The third kappa shape index (κ3) is 6.64. The van der Waals surface area contributed by atoms with Crippen LogP contribution >= 0.6 is 0 Å². The zero-order valence-electron chi connectivity index (χ0n) is 12.0. The van der Waals surface area contributed by atoms with Crippen molar-refractivity contribution >= 4 is 5.97 Å². The standard InChI is InChI=1S/C13H27NO3/c1-10(2)7-13(5,16)9-14-8-12(3,4)11(15)17-6/h10,14,16H,7-9H2,1-6H3. The largest absolute Gasteiger partial charge is 0.469 e. The second-order valence-electron chi connectivity index (χ2n) is 6.07. The fourth-order valence-corrected chi connectivity index (χ4v) is 1.94. The number of aliphatic hydroxyl groups is 1. The summed E-state index contributed by atoms with van der Waals surface area (Å²) >= 11 is 0. The molecule has 0 saturated carbocycles. The third-order valence-electron chi connectivity index (χ3n) is 2.66. The van der Waals surface area contributed by atoms with Crippen LogP contribution in [0.2, 0.25) is 0 Å². The highest BCUT2D eigenvalue weighted by molar-refractivity contribution is 5.76. The maximum atomic E-state index is 11.4. The Morgan fingerprint density at radius 1 is 1.29 bits per heavy atom. The van der Waals surface area contributed by atoms with Crippen molar-refractivity contribution in [1.82, 2.24) is 5.32 Å². The molecule has 0 aliphatic heterocycles. The van der Waals surface area contributed by atoms with Gasteiger partial charge < -0.3 is 15.2 Å². The van der Waals surface area contributed by atoms with Crippen LogP contribution in [0.1, 0.15) is 41.0 Å². The van der Waals surface area contributed by atoms with Crippen LogP contribution in [-0.4, -0.2) is 36.9 Å². The van der Waals surface area contributed by atoms with Gasteiger partial charge in [-0.3, -0.25) is 4.79 Å². The summed E-state index contributed by atoms with van der Waals surface area (Å²) in [6.07, 6.45) is 0.735. The first-order valence-electron chi connectivity index (χ1n) is 6.12. The van der Waals surface area contributed by atoms with Gasteiger partial charge in [-0.15, -0.1) is 0 Å². The maximum absolute atomic E-state index is 11.4. The van der Waals surface area contributed by atoms with Crippen molar-refractivity contribution in [3.63, 3.8) is 0 Å². The zero-order chi connectivity index (χ0) is 13.7. The highest BCUT2D eigenvalue weighted by Gasteiger charge is 2.29. The van der Waals surface area contributed by atoms with Gasteiger partial charge in [0.2, 0.25) is 0 Å². The summed E-state index contributed by atoms with van der Waals surface area (Å²) in [5.41, 5.74) is -1.30. The predicted octanol–water partition coefficient (Wildman–Crippen LogP) is 1.57. The fraction of sp³-hybridized carbons (Fsp3) is 0.923. The molecule has 0 aliphatic rings. The summed E-state index contributed by atoms with van der Waals surface area (Å²) in [4.78, 5) is 11.4. The Kier molecular flexibility index (Phi) is 6.13. The van der Waals surface area contributed by atoms with Crippen LogP contribution in [0.25, 0.3) is 0 Å². The molecule has 17 heavy (non-hydrogen) atoms. The van der Waals surface area contributed by atoms with Gasteiger partial charge >= 0.3 is 5.97 Å². The molecule has 0 rings (SSSR count). The molecule has 0 radical (unpaired) electrons. The molecule has 1 atom stereocenters. The second kappa shape index (κ2) is 6.36. The molecule has 0 amide bonds. The first-order valence-corrected chi connectivity index (χ1v) is 6.12. The molecule has 0 fully saturated rings. The van der Waals surface area contributed by atoms with Crippen molar-refractivity contribution in [1.29, 1.82) is 0 Å². The van der Waals surface area contributed by atoms with Crippen molar-refractivity contribution in [3.05, 3.63) is 0 Å². The van der Waals surface area contributed by atoms with Crippen molar-refractivity contribution in [3.8, 4) is 0 Å². The van der Waals surface area contributed by atoms with E-state index in [4.69, 9.17) is 4.74 Å². The number of nitrogens with one attached hydrogen (secondary N) is 1. The Balaban J connectivity index is 4.10. The van der Waals surface area contributed by atoms with Crippen molar-refractivity contribution < 1.29 is 14.6 Å². The average Bonchev–Trinajstić information content (AvgIpc) is 2.13. The van der Waals surface area contributed by atoms with E-state index in [0.29, 0.717) is 19.0 Å². The molecule has 2 N–H and O–H groups in total. The summed E-state index contributed by atoms with van der Waals surface area (Å²) in [6, 6.07) is 0. The Hall–Kier alpha value is -0.610. The predicted molar refractivity (Wildman–Crippen MR) is 68.7 cm³/mol. The van der Waals surface area contributed by atoms with Crippen molar-refractivity contribution in [2.24, 2.45) is 11.3 Å². The van der Waals surface area contributed by atoms with Gasteiger partial charge in [-0.1, -0.05) is 13.8 Å². The summed E-state index contributed by atoms with van der Waals surface area (Å²) < 4.78 is 4.72. The van der Waals surface area contributed by atoms with Gasteiger partial charge in [-0.05, 0) is 33.1 Å². The molecule has 4 heteroatoms. The molecule has 0 spiro atoms. The van der Waals surface area contributed by atoms with E-state index in [0.717, 1.165) is 6.42 Å². The SMILES string of the molecule is COC(=O)C(C)(C)CNCC(C)(O)CC(C)C. The van der Waals surface area contributed by atoms with E-state index in [1.807, 2.05) is 20.8 Å². The van der Waals surface area contributed by atoms with E-state index in [-0.39, 0.29) is 5.97 Å². The fourth-order valence-electron chi connectivity index (χ4n) is 1.94. The van der Waals surface area contributed by atoms with Gasteiger partial charge in [-0.2, -0.15) is 0 Å². The van der Waals surface area contributed by atoms with Gasteiger partial charge in [0, 0.05) is 13.1 Å². The zero-order valence-corrected chi connectivity index (χ0v) is 12.0. The molecule has 0 aromatic heterocycles. The molecule has 0 heterocycles. The summed E-state index contributed by atoms with van der Waals surface area (Å²) in [5.74, 6) is 0.203. The third-order valence-corrected chi connectivity index (χ3v) is 2.66. The minimum atomic E-state index is -0.736. The monoisotopic (exact) mass is 245 g/mol. The van der Waals surface area contributed by atoms with Gasteiger partial charge in [0.25, 0.3) is 0 Å². The second-order valence-corrected chi connectivity index (χ2v) is 6.07. The molecule has 0 bridgehead atoms. The van der Waals surface area contributed by atoms with E-state index in [9.17, 15) is 9.90 Å². The molecule has 4 nitrogen and oxygen atoms in total. The van der Waals surface area contributed by atoms with Crippen molar-refractivity contribution in [2.45, 2.75) is 46.6 Å². The van der Waals surface area contributed by atoms with Crippen LogP contribution in [0.15, 0.2) is 0 Å². The normalized spacial score (nSPS) is 15.8. The quantitative estimate of drug-likeness (QED) is 0.669. The lowest BCUT2D eigenvalue weighted by Crippen LogP contribution is -2.44. The lowest BCUT2D eigenvalue weighted by molar-refractivity contribution is -0.150. The van der Waals surface area contributed by atoms with Gasteiger partial charge in [0.15, 0.2) is 0 Å². The van der Waals surface area contributed by atoms with Gasteiger partial charge in [-0.25, -0.2) is 0 Å². The lowest BCUT2D eigenvalue weighted by atomic mass is 9.91. The molecular weight excluding hydrogens is 218 g/mol. The van der Waals surface area contributed by atoms with Gasteiger partial charge in [0.05, 0.1) is 18.1 Å². The highest BCUT2D eigenvalue weighted by atomic mass is 16.5. The van der Waals surface area contributed by atoms with E-state index in [2.05, 4.69) is 19.2 Å². The number of hydrogen-bond donors (Lipinski definition) is 2. The lowest BCUT2D eigenvalue weighted by Gasteiger charge is -2.28. The number of ether oxygens (including phenoxy) is 1. The Morgan fingerprint density at radius 2 is 1.82 bits per heavy atom. The van der Waals surface area contributed by atoms with Crippen molar-refractivity contribution in [2.75, 3.05) is 20.2 Å². The minimum absolute atomic E-state index is 0.242. The molecule has 0 aliphatic carbocycles. The number of methoxy groups -OCH3 is 1. The summed E-state index contributed by atoms with van der Waals surface area (Å²) in [7, 11) is 1.39. The smallest absolute Gasteiger partial charge is 0.312 e. The van der Waals surface area contributed by atoms with Crippen LogP contribution in [0.5, 0.6) is 0 Å². The van der Waals surface area contributed by atoms with E-state index in [1.165, 1.54) is 7.11 Å². The molecule has 0 saturated heterocycles. The molecular formula is C13H27NO3.